The Morgan fingerprint density at radius 2 is 1.94 bits per heavy atom. The largest absolute Gasteiger partial charge is 0.264 e. The molecule has 2 aromatic heterocycles. The van der Waals surface area contributed by atoms with Gasteiger partial charge in [-0.2, -0.15) is 5.10 Å². The molecule has 2 aromatic rings. The van der Waals surface area contributed by atoms with Crippen LogP contribution in [0.4, 0.5) is 0 Å². The van der Waals surface area contributed by atoms with Crippen molar-refractivity contribution < 1.29 is 0 Å². The third kappa shape index (κ3) is 2.62. The van der Waals surface area contributed by atoms with Crippen molar-refractivity contribution in [1.29, 1.82) is 0 Å². The van der Waals surface area contributed by atoms with Gasteiger partial charge in [0.1, 0.15) is 0 Å². The van der Waals surface area contributed by atoms with E-state index in [9.17, 15) is 0 Å². The van der Waals surface area contributed by atoms with E-state index in [4.69, 9.17) is 0 Å². The number of rotatable bonds is 2. The first-order chi connectivity index (χ1) is 7.06. The van der Waals surface area contributed by atoms with Crippen LogP contribution in [0.2, 0.25) is 0 Å². The van der Waals surface area contributed by atoms with Gasteiger partial charge in [0.15, 0.2) is 0 Å². The zero-order valence-corrected chi connectivity index (χ0v) is 11.6. The van der Waals surface area contributed by atoms with Crippen LogP contribution in [0.25, 0.3) is 0 Å². The van der Waals surface area contributed by atoms with Crippen molar-refractivity contribution >= 4 is 23.7 Å². The molecule has 2 rings (SSSR count). The Hall–Kier alpha value is -0.870. The maximum absolute atomic E-state index is 4.45. The average Bonchev–Trinajstić information content (AvgIpc) is 2.58. The summed E-state index contributed by atoms with van der Waals surface area (Å²) in [4.78, 5) is 5.73. The van der Waals surface area contributed by atoms with E-state index in [1.165, 1.54) is 10.6 Å². The van der Waals surface area contributed by atoms with Gasteiger partial charge in [-0.1, -0.05) is 0 Å². The van der Waals surface area contributed by atoms with Crippen molar-refractivity contribution in [1.82, 2.24) is 14.8 Å². The highest BCUT2D eigenvalue weighted by molar-refractivity contribution is 7.11. The fourth-order valence-corrected chi connectivity index (χ4v) is 2.61. The number of thiazole rings is 1. The van der Waals surface area contributed by atoms with Crippen LogP contribution in [-0.4, -0.2) is 14.8 Å². The van der Waals surface area contributed by atoms with Crippen molar-refractivity contribution in [2.24, 2.45) is 0 Å². The van der Waals surface area contributed by atoms with Gasteiger partial charge >= 0.3 is 0 Å². The number of aromatic nitrogens is 3. The molecule has 0 aliphatic heterocycles. The molecule has 2 heterocycles. The third-order valence-electron chi connectivity index (χ3n) is 2.40. The van der Waals surface area contributed by atoms with E-state index < -0.39 is 0 Å². The van der Waals surface area contributed by atoms with Crippen LogP contribution in [0.15, 0.2) is 6.07 Å². The summed E-state index contributed by atoms with van der Waals surface area (Å²) in [5.74, 6) is 0. The van der Waals surface area contributed by atoms with E-state index in [1.54, 1.807) is 11.3 Å². The van der Waals surface area contributed by atoms with Crippen LogP contribution in [-0.2, 0) is 6.54 Å². The molecule has 5 heteroatoms. The predicted molar refractivity (Wildman–Crippen MR) is 69.6 cm³/mol. The fourth-order valence-electron chi connectivity index (χ4n) is 1.69. The monoisotopic (exact) mass is 257 g/mol. The molecular weight excluding hydrogens is 242 g/mol. The first-order valence-corrected chi connectivity index (χ1v) is 5.82. The van der Waals surface area contributed by atoms with E-state index in [2.05, 4.69) is 30.0 Å². The Morgan fingerprint density at radius 1 is 1.25 bits per heavy atom. The molecule has 0 N–H and O–H groups in total. The minimum absolute atomic E-state index is 0. The molecule has 0 aliphatic carbocycles. The molecule has 0 atom stereocenters. The number of aryl methyl sites for hydroxylation is 4. The Balaban J connectivity index is 0.00000128. The van der Waals surface area contributed by atoms with Crippen molar-refractivity contribution in [2.45, 2.75) is 34.2 Å². The number of nitrogens with zero attached hydrogens (tertiary/aromatic N) is 3. The van der Waals surface area contributed by atoms with Crippen molar-refractivity contribution in [3.63, 3.8) is 0 Å². The van der Waals surface area contributed by atoms with Crippen LogP contribution in [0.3, 0.4) is 0 Å². The zero-order valence-electron chi connectivity index (χ0n) is 9.94. The van der Waals surface area contributed by atoms with Crippen LogP contribution >= 0.6 is 23.7 Å². The van der Waals surface area contributed by atoms with Gasteiger partial charge in [0, 0.05) is 10.6 Å². The normalized spacial score (nSPS) is 10.2. The molecule has 0 spiro atoms. The van der Waals surface area contributed by atoms with E-state index in [0.29, 0.717) is 0 Å². The topological polar surface area (TPSA) is 30.7 Å². The highest BCUT2D eigenvalue weighted by Crippen LogP contribution is 2.18. The van der Waals surface area contributed by atoms with E-state index in [-0.39, 0.29) is 12.4 Å². The minimum atomic E-state index is 0. The highest BCUT2D eigenvalue weighted by Gasteiger charge is 2.07. The lowest BCUT2D eigenvalue weighted by Gasteiger charge is -2.02. The maximum atomic E-state index is 4.45. The molecule has 0 saturated heterocycles. The second kappa shape index (κ2) is 4.97. The first-order valence-electron chi connectivity index (χ1n) is 5.00. The molecular formula is C11H16ClN3S. The number of halogens is 1. The van der Waals surface area contributed by atoms with Gasteiger partial charge in [-0.05, 0) is 33.8 Å². The lowest BCUT2D eigenvalue weighted by atomic mass is 10.3. The highest BCUT2D eigenvalue weighted by atomic mass is 35.5. The van der Waals surface area contributed by atoms with Gasteiger partial charge in [0.25, 0.3) is 0 Å². The van der Waals surface area contributed by atoms with Gasteiger partial charge in [0.05, 0.1) is 22.9 Å². The Labute approximate surface area is 106 Å². The summed E-state index contributed by atoms with van der Waals surface area (Å²) in [6.07, 6.45) is 0. The van der Waals surface area contributed by atoms with E-state index >= 15 is 0 Å². The van der Waals surface area contributed by atoms with Crippen LogP contribution < -0.4 is 0 Å². The van der Waals surface area contributed by atoms with Gasteiger partial charge in [-0.25, -0.2) is 4.98 Å². The molecule has 0 bridgehead atoms. The van der Waals surface area contributed by atoms with Crippen molar-refractivity contribution in [3.05, 3.63) is 33.0 Å². The first kappa shape index (κ1) is 13.2. The molecule has 0 radical (unpaired) electrons. The lowest BCUT2D eigenvalue weighted by Crippen LogP contribution is -2.03. The van der Waals surface area contributed by atoms with E-state index in [1.807, 2.05) is 18.5 Å². The number of hydrogen-bond donors (Lipinski definition) is 0. The fraction of sp³-hybridized carbons (Fsp3) is 0.455. The summed E-state index contributed by atoms with van der Waals surface area (Å²) in [7, 11) is 0. The van der Waals surface area contributed by atoms with Crippen LogP contribution in [0, 0.1) is 27.7 Å². The summed E-state index contributed by atoms with van der Waals surface area (Å²) >= 11 is 1.76. The van der Waals surface area contributed by atoms with Gasteiger partial charge in [-0.15, -0.1) is 23.7 Å². The minimum Gasteiger partial charge on any atom is -0.264 e. The second-order valence-electron chi connectivity index (χ2n) is 3.83. The molecule has 0 unspecified atom stereocenters. The van der Waals surface area contributed by atoms with E-state index in [0.717, 1.165) is 22.9 Å². The van der Waals surface area contributed by atoms with Crippen molar-refractivity contribution in [2.75, 3.05) is 0 Å². The number of hydrogen-bond acceptors (Lipinski definition) is 3. The molecule has 0 fully saturated rings. The molecule has 3 nitrogen and oxygen atoms in total. The quantitative estimate of drug-likeness (QED) is 0.828. The molecule has 0 aliphatic rings. The zero-order chi connectivity index (χ0) is 11.0. The standard InChI is InChI=1S/C11H15N3S.ClH/c1-7-5-8(2)14(13-7)6-11-9(3)12-10(4)15-11;/h5H,6H2,1-4H3;1H. The molecule has 0 saturated carbocycles. The van der Waals surface area contributed by atoms with Gasteiger partial charge in [0.2, 0.25) is 0 Å². The molecule has 0 aromatic carbocycles. The van der Waals surface area contributed by atoms with Gasteiger partial charge < -0.3 is 0 Å². The lowest BCUT2D eigenvalue weighted by molar-refractivity contribution is 0.662. The van der Waals surface area contributed by atoms with Crippen LogP contribution in [0.5, 0.6) is 0 Å². The maximum Gasteiger partial charge on any atom is 0.0900 e. The second-order valence-corrected chi connectivity index (χ2v) is 5.11. The molecule has 0 amide bonds. The third-order valence-corrected chi connectivity index (χ3v) is 3.45. The Morgan fingerprint density at radius 3 is 2.38 bits per heavy atom. The summed E-state index contributed by atoms with van der Waals surface area (Å²) in [5, 5.41) is 5.58. The van der Waals surface area contributed by atoms with Gasteiger partial charge in [-0.3, -0.25) is 4.68 Å². The summed E-state index contributed by atoms with van der Waals surface area (Å²) in [5.41, 5.74) is 3.41. The summed E-state index contributed by atoms with van der Waals surface area (Å²) < 4.78 is 2.04. The SMILES string of the molecule is Cc1cc(C)n(Cc2sc(C)nc2C)n1.Cl. The van der Waals surface area contributed by atoms with Crippen molar-refractivity contribution in [3.8, 4) is 0 Å². The molecule has 88 valence electrons. The molecule has 16 heavy (non-hydrogen) atoms. The average molecular weight is 258 g/mol. The summed E-state index contributed by atoms with van der Waals surface area (Å²) in [6.45, 7) is 9.06. The van der Waals surface area contributed by atoms with Crippen LogP contribution in [0.1, 0.15) is 27.0 Å². The smallest absolute Gasteiger partial charge is 0.0900 e. The Kier molecular flexibility index (Phi) is 4.10. The Bertz CT molecular complexity index is 443. The summed E-state index contributed by atoms with van der Waals surface area (Å²) in [6, 6.07) is 2.10. The predicted octanol–water partition coefficient (Wildman–Crippen LogP) is 3.04.